The van der Waals surface area contributed by atoms with Crippen LogP contribution in [-0.2, 0) is 22.1 Å². The third-order valence-electron chi connectivity index (χ3n) is 3.44. The summed E-state index contributed by atoms with van der Waals surface area (Å²) in [5.41, 5.74) is 6.93. The second-order valence-corrected chi connectivity index (χ2v) is 5.11. The number of carbonyl (C=O) groups is 1. The lowest BCUT2D eigenvalue weighted by molar-refractivity contribution is -0.142. The summed E-state index contributed by atoms with van der Waals surface area (Å²) in [6.07, 6.45) is -4.07. The summed E-state index contributed by atoms with van der Waals surface area (Å²) < 4.78 is 42.8. The molecule has 2 N–H and O–H groups in total. The summed E-state index contributed by atoms with van der Waals surface area (Å²) >= 11 is 0. The number of rotatable bonds is 4. The van der Waals surface area contributed by atoms with Gasteiger partial charge in [0.05, 0.1) is 12.7 Å². The van der Waals surface area contributed by atoms with Crippen molar-refractivity contribution in [2.75, 3.05) is 7.11 Å². The van der Waals surface area contributed by atoms with E-state index in [0.717, 1.165) is 17.7 Å². The average Bonchev–Trinajstić information content (AvgIpc) is 2.54. The zero-order valence-corrected chi connectivity index (χ0v) is 12.4. The molecule has 0 bridgehead atoms. The van der Waals surface area contributed by atoms with E-state index in [1.807, 2.05) is 0 Å². The van der Waals surface area contributed by atoms with Gasteiger partial charge in [0.15, 0.2) is 0 Å². The molecule has 0 spiro atoms. The topological polar surface area (TPSA) is 52.3 Å². The fourth-order valence-electron chi connectivity index (χ4n) is 2.20. The van der Waals surface area contributed by atoms with Crippen molar-refractivity contribution in [2.24, 2.45) is 5.73 Å². The lowest BCUT2D eigenvalue weighted by Crippen LogP contribution is -2.33. The van der Waals surface area contributed by atoms with Gasteiger partial charge in [-0.25, -0.2) is 0 Å². The maximum Gasteiger partial charge on any atom is 0.416 e. The van der Waals surface area contributed by atoms with Crippen LogP contribution >= 0.6 is 0 Å². The molecule has 0 radical (unpaired) electrons. The van der Waals surface area contributed by atoms with Crippen LogP contribution in [0, 0.1) is 0 Å². The molecule has 0 saturated carbocycles. The normalized spacial score (nSPS) is 12.7. The standard InChI is InChI=1S/C17H16F3NO2/c1-23-16(22)15(21)9-11-5-7-12(8-6-11)13-3-2-4-14(10-13)17(18,19)20/h2-8,10,15H,9,21H2,1H3. The Bertz CT molecular complexity index is 681. The van der Waals surface area contributed by atoms with Crippen LogP contribution in [0.3, 0.4) is 0 Å². The summed E-state index contributed by atoms with van der Waals surface area (Å²) in [7, 11) is 1.26. The van der Waals surface area contributed by atoms with Crippen LogP contribution in [0.15, 0.2) is 48.5 Å². The highest BCUT2D eigenvalue weighted by atomic mass is 19.4. The highest BCUT2D eigenvalue weighted by Gasteiger charge is 2.30. The van der Waals surface area contributed by atoms with Crippen molar-refractivity contribution < 1.29 is 22.7 Å². The van der Waals surface area contributed by atoms with Gasteiger partial charge in [0.2, 0.25) is 0 Å². The lowest BCUT2D eigenvalue weighted by Gasteiger charge is -2.11. The second-order valence-electron chi connectivity index (χ2n) is 5.11. The average molecular weight is 323 g/mol. The van der Waals surface area contributed by atoms with E-state index in [9.17, 15) is 18.0 Å². The molecule has 2 aromatic carbocycles. The van der Waals surface area contributed by atoms with E-state index in [2.05, 4.69) is 4.74 Å². The Morgan fingerprint density at radius 3 is 2.35 bits per heavy atom. The van der Waals surface area contributed by atoms with Gasteiger partial charge in [0.25, 0.3) is 0 Å². The quantitative estimate of drug-likeness (QED) is 0.877. The number of hydrogen-bond donors (Lipinski definition) is 1. The van der Waals surface area contributed by atoms with E-state index >= 15 is 0 Å². The molecule has 0 aromatic heterocycles. The minimum Gasteiger partial charge on any atom is -0.468 e. The van der Waals surface area contributed by atoms with E-state index in [1.165, 1.54) is 13.2 Å². The van der Waals surface area contributed by atoms with Crippen LogP contribution in [0.5, 0.6) is 0 Å². The second kappa shape index (κ2) is 6.83. The number of nitrogens with two attached hydrogens (primary N) is 1. The molecule has 1 atom stereocenters. The predicted octanol–water partition coefficient (Wildman–Crippen LogP) is 3.42. The Kier molecular flexibility index (Phi) is 5.05. The number of benzene rings is 2. The number of alkyl halides is 3. The lowest BCUT2D eigenvalue weighted by atomic mass is 9.99. The Morgan fingerprint density at radius 1 is 1.13 bits per heavy atom. The fourth-order valence-corrected chi connectivity index (χ4v) is 2.20. The third-order valence-corrected chi connectivity index (χ3v) is 3.44. The van der Waals surface area contributed by atoms with Crippen molar-refractivity contribution in [3.8, 4) is 11.1 Å². The van der Waals surface area contributed by atoms with E-state index in [4.69, 9.17) is 5.73 Å². The largest absolute Gasteiger partial charge is 0.468 e. The molecule has 1 unspecified atom stereocenters. The predicted molar refractivity (Wildman–Crippen MR) is 80.6 cm³/mol. The first-order valence-electron chi connectivity index (χ1n) is 6.91. The first-order chi connectivity index (χ1) is 10.8. The molecule has 0 fully saturated rings. The Labute approximate surface area is 131 Å². The van der Waals surface area contributed by atoms with Gasteiger partial charge in [-0.1, -0.05) is 36.4 Å². The molecule has 0 aliphatic heterocycles. The molecule has 2 aromatic rings. The van der Waals surface area contributed by atoms with Crippen molar-refractivity contribution in [3.05, 3.63) is 59.7 Å². The van der Waals surface area contributed by atoms with Gasteiger partial charge in [-0.15, -0.1) is 0 Å². The molecule has 0 heterocycles. The zero-order valence-electron chi connectivity index (χ0n) is 12.4. The van der Waals surface area contributed by atoms with E-state index < -0.39 is 23.8 Å². The number of halogens is 3. The number of esters is 1. The van der Waals surface area contributed by atoms with Crippen LogP contribution in [0.25, 0.3) is 11.1 Å². The van der Waals surface area contributed by atoms with Gasteiger partial charge in [-0.3, -0.25) is 4.79 Å². The maximum atomic E-state index is 12.7. The highest BCUT2D eigenvalue weighted by Crippen LogP contribution is 2.32. The van der Waals surface area contributed by atoms with Crippen LogP contribution in [-0.4, -0.2) is 19.1 Å². The van der Waals surface area contributed by atoms with Gasteiger partial charge in [-0.05, 0) is 35.2 Å². The van der Waals surface area contributed by atoms with Crippen LogP contribution in [0.2, 0.25) is 0 Å². The van der Waals surface area contributed by atoms with E-state index in [1.54, 1.807) is 30.3 Å². The third kappa shape index (κ3) is 4.32. The van der Waals surface area contributed by atoms with Gasteiger partial charge in [-0.2, -0.15) is 13.2 Å². The van der Waals surface area contributed by atoms with Gasteiger partial charge < -0.3 is 10.5 Å². The van der Waals surface area contributed by atoms with Crippen molar-refractivity contribution in [3.63, 3.8) is 0 Å². The van der Waals surface area contributed by atoms with Crippen LogP contribution in [0.1, 0.15) is 11.1 Å². The molecule has 3 nitrogen and oxygen atoms in total. The minimum atomic E-state index is -4.37. The van der Waals surface area contributed by atoms with Crippen molar-refractivity contribution in [2.45, 2.75) is 18.6 Å². The zero-order chi connectivity index (χ0) is 17.0. The molecular formula is C17H16F3NO2. The maximum absolute atomic E-state index is 12.7. The summed E-state index contributed by atoms with van der Waals surface area (Å²) in [5, 5.41) is 0. The summed E-state index contributed by atoms with van der Waals surface area (Å²) in [6, 6.07) is 11.2. The van der Waals surface area contributed by atoms with E-state index in [-0.39, 0.29) is 0 Å². The number of methoxy groups -OCH3 is 1. The van der Waals surface area contributed by atoms with Crippen molar-refractivity contribution in [1.82, 2.24) is 0 Å². The Balaban J connectivity index is 2.18. The molecule has 2 rings (SSSR count). The molecule has 23 heavy (non-hydrogen) atoms. The number of carbonyl (C=O) groups excluding carboxylic acids is 1. The molecule has 0 amide bonds. The molecule has 0 saturated heterocycles. The minimum absolute atomic E-state index is 0.301. The number of ether oxygens (including phenoxy) is 1. The molecule has 6 heteroatoms. The molecule has 122 valence electrons. The van der Waals surface area contributed by atoms with Crippen molar-refractivity contribution in [1.29, 1.82) is 0 Å². The van der Waals surface area contributed by atoms with Crippen LogP contribution < -0.4 is 5.73 Å². The first kappa shape index (κ1) is 17.0. The molecule has 0 aliphatic carbocycles. The van der Waals surface area contributed by atoms with Gasteiger partial charge in [0, 0.05) is 0 Å². The highest BCUT2D eigenvalue weighted by molar-refractivity contribution is 5.75. The number of hydrogen-bond acceptors (Lipinski definition) is 3. The summed E-state index contributed by atoms with van der Waals surface area (Å²) in [6.45, 7) is 0. The Morgan fingerprint density at radius 2 is 1.78 bits per heavy atom. The van der Waals surface area contributed by atoms with Gasteiger partial charge in [0.1, 0.15) is 6.04 Å². The first-order valence-corrected chi connectivity index (χ1v) is 6.91. The van der Waals surface area contributed by atoms with E-state index in [0.29, 0.717) is 17.5 Å². The summed E-state index contributed by atoms with van der Waals surface area (Å²) in [5.74, 6) is -0.507. The fraction of sp³-hybridized carbons (Fsp3) is 0.235. The smallest absolute Gasteiger partial charge is 0.416 e. The molecular weight excluding hydrogens is 307 g/mol. The summed E-state index contributed by atoms with van der Waals surface area (Å²) in [4.78, 5) is 11.3. The van der Waals surface area contributed by atoms with Gasteiger partial charge >= 0.3 is 12.1 Å². The monoisotopic (exact) mass is 323 g/mol. The molecule has 0 aliphatic rings. The van der Waals surface area contributed by atoms with Crippen molar-refractivity contribution >= 4 is 5.97 Å². The SMILES string of the molecule is COC(=O)C(N)Cc1ccc(-c2cccc(C(F)(F)F)c2)cc1. The Hall–Kier alpha value is -2.34. The van der Waals surface area contributed by atoms with Crippen LogP contribution in [0.4, 0.5) is 13.2 Å².